The van der Waals surface area contributed by atoms with E-state index in [1.54, 1.807) is 0 Å². The zero-order valence-electron chi connectivity index (χ0n) is 16.5. The fourth-order valence-corrected chi connectivity index (χ4v) is 4.10. The van der Waals surface area contributed by atoms with Crippen LogP contribution in [-0.4, -0.2) is 66.9 Å². The number of aliphatic hydroxyl groups is 1. The number of ether oxygens (including phenoxy) is 1. The van der Waals surface area contributed by atoms with E-state index < -0.39 is 6.10 Å². The Labute approximate surface area is 177 Å². The summed E-state index contributed by atoms with van der Waals surface area (Å²) in [5.41, 5.74) is 1.45. The van der Waals surface area contributed by atoms with Crippen molar-refractivity contribution in [1.29, 1.82) is 0 Å². The van der Waals surface area contributed by atoms with Crippen molar-refractivity contribution in [2.75, 3.05) is 45.9 Å². The number of hydrogen-bond donors (Lipinski definition) is 1. The molecule has 4 nitrogen and oxygen atoms in total. The van der Waals surface area contributed by atoms with Gasteiger partial charge in [-0.2, -0.15) is 0 Å². The molecule has 2 fully saturated rings. The molecule has 0 radical (unpaired) electrons. The molecule has 0 spiro atoms. The monoisotopic (exact) mass is 418 g/mol. The molecular formula is C21H36Cl2N2O2. The normalized spacial score (nSPS) is 20.4. The fourth-order valence-electron chi connectivity index (χ4n) is 4.10. The molecule has 0 aromatic heterocycles. The molecule has 1 N–H and O–H groups in total. The number of rotatable bonds is 7. The molecular weight excluding hydrogens is 383 g/mol. The standard InChI is InChI=1S/C21H34N2O2.2ClH/c1-2-22-12-14-23(15-13-22)16-20(24)17-25-21-10-8-19(9-11-21)18-6-4-3-5-7-18;;/h8-11,18,20,24H,2-7,12-17H2,1H3;2*1H. The average Bonchev–Trinajstić information content (AvgIpc) is 2.68. The molecule has 1 aromatic carbocycles. The van der Waals surface area contributed by atoms with Crippen LogP contribution in [0, 0.1) is 0 Å². The van der Waals surface area contributed by atoms with Gasteiger partial charge in [0.2, 0.25) is 0 Å². The Hall–Kier alpha value is -0.520. The lowest BCUT2D eigenvalue weighted by atomic mass is 9.84. The summed E-state index contributed by atoms with van der Waals surface area (Å²) in [6.45, 7) is 8.70. The number of benzene rings is 1. The van der Waals surface area contributed by atoms with Crippen LogP contribution in [0.4, 0.5) is 0 Å². The first-order valence-electron chi connectivity index (χ1n) is 10.1. The average molecular weight is 419 g/mol. The van der Waals surface area contributed by atoms with Crippen molar-refractivity contribution in [3.63, 3.8) is 0 Å². The van der Waals surface area contributed by atoms with Gasteiger partial charge in [-0.1, -0.05) is 38.3 Å². The van der Waals surface area contributed by atoms with E-state index in [2.05, 4.69) is 41.0 Å². The molecule has 156 valence electrons. The van der Waals surface area contributed by atoms with Gasteiger partial charge in [-0.25, -0.2) is 0 Å². The fraction of sp³-hybridized carbons (Fsp3) is 0.714. The van der Waals surface area contributed by atoms with Gasteiger partial charge in [0.15, 0.2) is 0 Å². The zero-order valence-corrected chi connectivity index (χ0v) is 18.1. The van der Waals surface area contributed by atoms with Gasteiger partial charge < -0.3 is 14.7 Å². The molecule has 27 heavy (non-hydrogen) atoms. The maximum Gasteiger partial charge on any atom is 0.119 e. The Bertz CT molecular complexity index is 501. The van der Waals surface area contributed by atoms with E-state index in [0.717, 1.165) is 44.4 Å². The molecule has 0 bridgehead atoms. The zero-order chi connectivity index (χ0) is 17.5. The molecule has 1 saturated carbocycles. The highest BCUT2D eigenvalue weighted by Gasteiger charge is 2.19. The summed E-state index contributed by atoms with van der Waals surface area (Å²) < 4.78 is 5.81. The van der Waals surface area contributed by atoms with Crippen molar-refractivity contribution >= 4 is 24.8 Å². The second-order valence-corrected chi connectivity index (χ2v) is 7.60. The van der Waals surface area contributed by atoms with Crippen molar-refractivity contribution in [2.45, 2.75) is 51.0 Å². The summed E-state index contributed by atoms with van der Waals surface area (Å²) >= 11 is 0. The molecule has 1 heterocycles. The number of nitrogens with zero attached hydrogens (tertiary/aromatic N) is 2. The van der Waals surface area contributed by atoms with E-state index in [9.17, 15) is 5.11 Å². The van der Waals surface area contributed by atoms with Gasteiger partial charge in [-0.3, -0.25) is 4.90 Å². The van der Waals surface area contributed by atoms with Crippen LogP contribution >= 0.6 is 24.8 Å². The Morgan fingerprint density at radius 3 is 2.15 bits per heavy atom. The third kappa shape index (κ3) is 7.78. The van der Waals surface area contributed by atoms with Crippen LogP contribution < -0.4 is 4.74 Å². The largest absolute Gasteiger partial charge is 0.491 e. The lowest BCUT2D eigenvalue weighted by Crippen LogP contribution is -2.49. The first-order chi connectivity index (χ1) is 12.2. The highest BCUT2D eigenvalue weighted by atomic mass is 35.5. The van der Waals surface area contributed by atoms with Gasteiger partial charge in [0.05, 0.1) is 0 Å². The van der Waals surface area contributed by atoms with E-state index in [4.69, 9.17) is 4.74 Å². The van der Waals surface area contributed by atoms with Crippen LogP contribution in [0.25, 0.3) is 0 Å². The maximum absolute atomic E-state index is 10.3. The summed E-state index contributed by atoms with van der Waals surface area (Å²) in [7, 11) is 0. The number of piperazine rings is 1. The minimum Gasteiger partial charge on any atom is -0.491 e. The number of halogens is 2. The number of β-amino-alcohol motifs (C(OH)–C–C–N with tert-alkyl or cyclic N) is 1. The topological polar surface area (TPSA) is 35.9 Å². The third-order valence-electron chi connectivity index (χ3n) is 5.78. The molecule has 3 rings (SSSR count). The molecule has 1 aliphatic heterocycles. The highest BCUT2D eigenvalue weighted by molar-refractivity contribution is 5.85. The third-order valence-corrected chi connectivity index (χ3v) is 5.78. The van der Waals surface area contributed by atoms with E-state index in [-0.39, 0.29) is 24.8 Å². The Morgan fingerprint density at radius 2 is 1.56 bits per heavy atom. The van der Waals surface area contributed by atoms with Crippen LogP contribution in [0.3, 0.4) is 0 Å². The van der Waals surface area contributed by atoms with Gasteiger partial charge in [-0.05, 0) is 43.0 Å². The van der Waals surface area contributed by atoms with Gasteiger partial charge in [0.25, 0.3) is 0 Å². The number of likely N-dealkylation sites (N-methyl/N-ethyl adjacent to an activating group) is 1. The van der Waals surface area contributed by atoms with Crippen LogP contribution in [0.2, 0.25) is 0 Å². The van der Waals surface area contributed by atoms with E-state index in [1.165, 1.54) is 37.7 Å². The van der Waals surface area contributed by atoms with E-state index in [0.29, 0.717) is 13.2 Å². The van der Waals surface area contributed by atoms with E-state index in [1.807, 2.05) is 0 Å². The molecule has 0 amide bonds. The van der Waals surface area contributed by atoms with Crippen molar-refractivity contribution in [3.05, 3.63) is 29.8 Å². The SMILES string of the molecule is CCN1CCN(CC(O)COc2ccc(C3CCCCC3)cc2)CC1.Cl.Cl. The second kappa shape index (κ2) is 12.8. The minimum atomic E-state index is -0.425. The summed E-state index contributed by atoms with van der Waals surface area (Å²) in [6.07, 6.45) is 6.34. The smallest absolute Gasteiger partial charge is 0.119 e. The molecule has 6 heteroatoms. The second-order valence-electron chi connectivity index (χ2n) is 7.60. The summed E-state index contributed by atoms with van der Waals surface area (Å²) in [4.78, 5) is 4.79. The van der Waals surface area contributed by atoms with Crippen molar-refractivity contribution in [1.82, 2.24) is 9.80 Å². The molecule has 1 aliphatic carbocycles. The first kappa shape index (κ1) is 24.5. The quantitative estimate of drug-likeness (QED) is 0.726. The predicted octanol–water partition coefficient (Wildman–Crippen LogP) is 3.96. The van der Waals surface area contributed by atoms with Crippen LogP contribution in [0.1, 0.15) is 50.5 Å². The lowest BCUT2D eigenvalue weighted by Gasteiger charge is -2.34. The molecule has 2 aliphatic rings. The van der Waals surface area contributed by atoms with Crippen molar-refractivity contribution < 1.29 is 9.84 Å². The van der Waals surface area contributed by atoms with Crippen LogP contribution in [0.15, 0.2) is 24.3 Å². The Kier molecular flexibility index (Phi) is 11.7. The van der Waals surface area contributed by atoms with Gasteiger partial charge in [-0.15, -0.1) is 24.8 Å². The summed E-state index contributed by atoms with van der Waals surface area (Å²) in [5.74, 6) is 1.60. The summed E-state index contributed by atoms with van der Waals surface area (Å²) in [5, 5.41) is 10.3. The molecule has 1 aromatic rings. The predicted molar refractivity (Wildman–Crippen MR) is 117 cm³/mol. The van der Waals surface area contributed by atoms with Crippen LogP contribution in [-0.2, 0) is 0 Å². The van der Waals surface area contributed by atoms with Gasteiger partial charge in [0.1, 0.15) is 18.5 Å². The number of aliphatic hydroxyl groups excluding tert-OH is 1. The molecule has 1 saturated heterocycles. The van der Waals surface area contributed by atoms with E-state index >= 15 is 0 Å². The van der Waals surface area contributed by atoms with Gasteiger partial charge in [0, 0.05) is 32.7 Å². The highest BCUT2D eigenvalue weighted by Crippen LogP contribution is 2.33. The molecule has 1 atom stereocenters. The molecule has 1 unspecified atom stereocenters. The van der Waals surface area contributed by atoms with Crippen molar-refractivity contribution in [3.8, 4) is 5.75 Å². The Morgan fingerprint density at radius 1 is 0.963 bits per heavy atom. The minimum absolute atomic E-state index is 0. The van der Waals surface area contributed by atoms with Gasteiger partial charge >= 0.3 is 0 Å². The maximum atomic E-state index is 10.3. The first-order valence-corrected chi connectivity index (χ1v) is 10.1. The Balaban J connectivity index is 0.00000182. The van der Waals surface area contributed by atoms with Crippen LogP contribution in [0.5, 0.6) is 5.75 Å². The summed E-state index contributed by atoms with van der Waals surface area (Å²) in [6, 6.07) is 8.55. The lowest BCUT2D eigenvalue weighted by molar-refractivity contribution is 0.0471. The van der Waals surface area contributed by atoms with Crippen molar-refractivity contribution in [2.24, 2.45) is 0 Å². The number of hydrogen-bond acceptors (Lipinski definition) is 4.